The molecule has 0 fully saturated rings. The second-order valence-corrected chi connectivity index (χ2v) is 4.80. The number of para-hydroxylation sites is 2. The third-order valence-corrected chi connectivity index (χ3v) is 3.09. The van der Waals surface area contributed by atoms with Gasteiger partial charge in [-0.15, -0.1) is 24.8 Å². The van der Waals surface area contributed by atoms with Crippen molar-refractivity contribution in [1.82, 2.24) is 9.97 Å². The Morgan fingerprint density at radius 2 is 1.74 bits per heavy atom. The lowest BCUT2D eigenvalue weighted by molar-refractivity contribution is 0.462. The van der Waals surface area contributed by atoms with Crippen LogP contribution < -0.4 is 5.73 Å². The molecule has 0 radical (unpaired) electrons. The van der Waals surface area contributed by atoms with Gasteiger partial charge in [0, 0.05) is 12.2 Å². The van der Waals surface area contributed by atoms with Crippen molar-refractivity contribution in [2.24, 2.45) is 11.7 Å². The summed E-state index contributed by atoms with van der Waals surface area (Å²) in [5.41, 5.74) is 8.97. The molecule has 0 saturated heterocycles. The topological polar surface area (TPSA) is 51.8 Å². The van der Waals surface area contributed by atoms with Gasteiger partial charge in [0.1, 0.15) is 0 Å². The molecule has 2 N–H and O–H groups in total. The van der Waals surface area contributed by atoms with E-state index < -0.39 is 0 Å². The molecule has 0 saturated carbocycles. The van der Waals surface area contributed by atoms with Gasteiger partial charge in [-0.25, -0.2) is 4.98 Å². The quantitative estimate of drug-likeness (QED) is 0.942. The summed E-state index contributed by atoms with van der Waals surface area (Å²) in [7, 11) is 0. The van der Waals surface area contributed by atoms with Crippen LogP contribution in [0.25, 0.3) is 11.0 Å². The molecule has 1 aromatic heterocycles. The van der Waals surface area contributed by atoms with Crippen molar-refractivity contribution < 1.29 is 0 Å². The van der Waals surface area contributed by atoms with Crippen molar-refractivity contribution in [2.75, 3.05) is 0 Å². The fourth-order valence-corrected chi connectivity index (χ4v) is 1.76. The van der Waals surface area contributed by atoms with Crippen LogP contribution >= 0.6 is 24.8 Å². The van der Waals surface area contributed by atoms with Crippen molar-refractivity contribution in [2.45, 2.75) is 32.7 Å². The summed E-state index contributed by atoms with van der Waals surface area (Å²) >= 11 is 0. The summed E-state index contributed by atoms with van der Waals surface area (Å²) in [6.45, 7) is 4.30. The SMILES string of the molecule is CC(C)C(N)CCc1cnc2ccccc2n1.Cl.Cl. The number of hydrogen-bond donors (Lipinski definition) is 1. The van der Waals surface area contributed by atoms with E-state index in [4.69, 9.17) is 5.73 Å². The van der Waals surface area contributed by atoms with Gasteiger partial charge in [-0.3, -0.25) is 4.98 Å². The number of halogens is 2. The van der Waals surface area contributed by atoms with Gasteiger partial charge >= 0.3 is 0 Å². The maximum Gasteiger partial charge on any atom is 0.0890 e. The van der Waals surface area contributed by atoms with E-state index in [0.717, 1.165) is 29.6 Å². The normalized spacial score (nSPS) is 11.8. The van der Waals surface area contributed by atoms with E-state index in [-0.39, 0.29) is 30.9 Å². The first-order valence-electron chi connectivity index (χ1n) is 6.13. The van der Waals surface area contributed by atoms with Gasteiger partial charge in [0.2, 0.25) is 0 Å². The minimum Gasteiger partial charge on any atom is -0.327 e. The zero-order valence-corrected chi connectivity index (χ0v) is 12.9. The molecule has 2 aromatic rings. The van der Waals surface area contributed by atoms with E-state index in [9.17, 15) is 0 Å². The molecule has 5 heteroatoms. The smallest absolute Gasteiger partial charge is 0.0890 e. The van der Waals surface area contributed by atoms with E-state index in [2.05, 4.69) is 23.8 Å². The summed E-state index contributed by atoms with van der Waals surface area (Å²) in [5, 5.41) is 0. The molecule has 2 rings (SSSR count). The molecule has 0 amide bonds. The maximum absolute atomic E-state index is 6.03. The van der Waals surface area contributed by atoms with Gasteiger partial charge in [0.25, 0.3) is 0 Å². The third-order valence-electron chi connectivity index (χ3n) is 3.09. The summed E-state index contributed by atoms with van der Waals surface area (Å²) < 4.78 is 0. The second-order valence-electron chi connectivity index (χ2n) is 4.80. The molecule has 19 heavy (non-hydrogen) atoms. The Balaban J connectivity index is 0.00000162. The highest BCUT2D eigenvalue weighted by molar-refractivity contribution is 5.85. The average molecular weight is 302 g/mol. The molecule has 0 aliphatic heterocycles. The Morgan fingerprint density at radius 3 is 2.37 bits per heavy atom. The van der Waals surface area contributed by atoms with E-state index in [1.54, 1.807) is 0 Å². The summed E-state index contributed by atoms with van der Waals surface area (Å²) in [6.07, 6.45) is 3.72. The van der Waals surface area contributed by atoms with Crippen LogP contribution in [0.5, 0.6) is 0 Å². The van der Waals surface area contributed by atoms with Crippen LogP contribution in [-0.4, -0.2) is 16.0 Å². The number of rotatable bonds is 4. The first-order valence-corrected chi connectivity index (χ1v) is 6.13. The number of nitrogens with zero attached hydrogens (tertiary/aromatic N) is 2. The number of hydrogen-bond acceptors (Lipinski definition) is 3. The van der Waals surface area contributed by atoms with Crippen molar-refractivity contribution in [1.29, 1.82) is 0 Å². The third kappa shape index (κ3) is 4.94. The van der Waals surface area contributed by atoms with Crippen molar-refractivity contribution >= 4 is 35.8 Å². The van der Waals surface area contributed by atoms with Crippen LogP contribution in [0.3, 0.4) is 0 Å². The van der Waals surface area contributed by atoms with Crippen molar-refractivity contribution in [3.8, 4) is 0 Å². The number of aromatic nitrogens is 2. The fraction of sp³-hybridized carbons (Fsp3) is 0.429. The predicted octanol–water partition coefficient (Wildman–Crippen LogP) is 3.39. The van der Waals surface area contributed by atoms with Crippen molar-refractivity contribution in [3.05, 3.63) is 36.2 Å². The minimum atomic E-state index is 0. The van der Waals surface area contributed by atoms with Gasteiger partial charge in [-0.1, -0.05) is 26.0 Å². The molecule has 1 atom stereocenters. The van der Waals surface area contributed by atoms with E-state index in [1.807, 2.05) is 30.5 Å². The molecule has 0 spiro atoms. The number of fused-ring (bicyclic) bond motifs is 1. The van der Waals surface area contributed by atoms with Gasteiger partial charge in [-0.05, 0) is 30.9 Å². The van der Waals surface area contributed by atoms with Gasteiger partial charge < -0.3 is 5.73 Å². The lowest BCUT2D eigenvalue weighted by atomic mass is 9.99. The number of nitrogens with two attached hydrogens (primary N) is 1. The minimum absolute atomic E-state index is 0. The number of aryl methyl sites for hydroxylation is 1. The standard InChI is InChI=1S/C14H19N3.2ClH/c1-10(2)12(15)8-7-11-9-16-13-5-3-4-6-14(13)17-11;;/h3-6,9-10,12H,7-8,15H2,1-2H3;2*1H. The number of benzene rings is 1. The van der Waals surface area contributed by atoms with E-state index >= 15 is 0 Å². The molecule has 0 aliphatic rings. The molecule has 1 unspecified atom stereocenters. The molecule has 1 aromatic carbocycles. The molecule has 106 valence electrons. The second kappa shape index (κ2) is 8.31. The summed E-state index contributed by atoms with van der Waals surface area (Å²) in [6, 6.07) is 8.18. The average Bonchev–Trinajstić information content (AvgIpc) is 2.35. The zero-order valence-electron chi connectivity index (χ0n) is 11.2. The predicted molar refractivity (Wildman–Crippen MR) is 85.2 cm³/mol. The van der Waals surface area contributed by atoms with Crippen LogP contribution in [-0.2, 0) is 6.42 Å². The Bertz CT molecular complexity index is 503. The largest absolute Gasteiger partial charge is 0.327 e. The van der Waals surface area contributed by atoms with Crippen LogP contribution in [0, 0.1) is 5.92 Å². The highest BCUT2D eigenvalue weighted by atomic mass is 35.5. The Kier molecular flexibility index (Phi) is 7.91. The molecule has 3 nitrogen and oxygen atoms in total. The Labute approximate surface area is 126 Å². The molecular formula is C14H21Cl2N3. The lowest BCUT2D eigenvalue weighted by Crippen LogP contribution is -2.26. The van der Waals surface area contributed by atoms with Gasteiger partial charge in [0.15, 0.2) is 0 Å². The van der Waals surface area contributed by atoms with Gasteiger partial charge in [0.05, 0.1) is 16.7 Å². The zero-order chi connectivity index (χ0) is 12.3. The monoisotopic (exact) mass is 301 g/mol. The Hall–Kier alpha value is -0.900. The summed E-state index contributed by atoms with van der Waals surface area (Å²) in [4.78, 5) is 8.99. The van der Waals surface area contributed by atoms with E-state index in [0.29, 0.717) is 5.92 Å². The summed E-state index contributed by atoms with van der Waals surface area (Å²) in [5.74, 6) is 0.517. The Morgan fingerprint density at radius 1 is 1.11 bits per heavy atom. The highest BCUT2D eigenvalue weighted by Gasteiger charge is 2.08. The molecule has 1 heterocycles. The molecular weight excluding hydrogens is 281 g/mol. The fourth-order valence-electron chi connectivity index (χ4n) is 1.76. The molecule has 0 bridgehead atoms. The van der Waals surface area contributed by atoms with Crippen LogP contribution in [0.2, 0.25) is 0 Å². The highest BCUT2D eigenvalue weighted by Crippen LogP contribution is 2.11. The van der Waals surface area contributed by atoms with Crippen molar-refractivity contribution in [3.63, 3.8) is 0 Å². The van der Waals surface area contributed by atoms with Gasteiger partial charge in [-0.2, -0.15) is 0 Å². The maximum atomic E-state index is 6.03. The van der Waals surface area contributed by atoms with E-state index in [1.165, 1.54) is 0 Å². The molecule has 0 aliphatic carbocycles. The lowest BCUT2D eigenvalue weighted by Gasteiger charge is -2.14. The van der Waals surface area contributed by atoms with Crippen LogP contribution in [0.1, 0.15) is 26.0 Å². The first-order chi connectivity index (χ1) is 8.16. The first kappa shape index (κ1) is 18.1. The van der Waals surface area contributed by atoms with Crippen LogP contribution in [0.15, 0.2) is 30.5 Å². The van der Waals surface area contributed by atoms with Crippen LogP contribution in [0.4, 0.5) is 0 Å².